The molecule has 1 rings (SSSR count). The van der Waals surface area contributed by atoms with E-state index < -0.39 is 5.97 Å². The van der Waals surface area contributed by atoms with Gasteiger partial charge in [0.1, 0.15) is 0 Å². The van der Waals surface area contributed by atoms with Crippen molar-refractivity contribution in [1.29, 1.82) is 0 Å². The molecule has 1 aliphatic rings. The molecule has 0 saturated heterocycles. The summed E-state index contributed by atoms with van der Waals surface area (Å²) in [5.74, 6) is 0.0555. The minimum atomic E-state index is -0.717. The number of hydrogen-bond donors (Lipinski definition) is 2. The van der Waals surface area contributed by atoms with Gasteiger partial charge in [-0.1, -0.05) is 12.8 Å². The predicted molar refractivity (Wildman–Crippen MR) is 51.7 cm³/mol. The Bertz CT molecular complexity index is 164. The molecule has 0 aromatic heterocycles. The summed E-state index contributed by atoms with van der Waals surface area (Å²) in [5.41, 5.74) is 0. The maximum absolute atomic E-state index is 10.3. The molecule has 3 nitrogen and oxygen atoms in total. The molecule has 1 saturated carbocycles. The van der Waals surface area contributed by atoms with Crippen molar-refractivity contribution < 1.29 is 9.90 Å². The Morgan fingerprint density at radius 2 is 2.15 bits per heavy atom. The largest absolute Gasteiger partial charge is 0.481 e. The van der Waals surface area contributed by atoms with Crippen molar-refractivity contribution in [1.82, 2.24) is 5.32 Å². The maximum Gasteiger partial charge on any atom is 0.304 e. The van der Waals surface area contributed by atoms with Crippen LogP contribution in [-0.2, 0) is 4.79 Å². The second-order valence-corrected chi connectivity index (χ2v) is 3.93. The Hall–Kier alpha value is -0.570. The Balaban J connectivity index is 2.09. The first kappa shape index (κ1) is 10.5. The predicted octanol–water partition coefficient (Wildman–Crippen LogP) is 1.63. The van der Waals surface area contributed by atoms with Crippen LogP contribution in [0.5, 0.6) is 0 Å². The van der Waals surface area contributed by atoms with Crippen molar-refractivity contribution in [2.45, 2.75) is 45.1 Å². The van der Waals surface area contributed by atoms with E-state index in [9.17, 15) is 4.79 Å². The molecule has 76 valence electrons. The van der Waals surface area contributed by atoms with Crippen LogP contribution in [0.4, 0.5) is 0 Å². The van der Waals surface area contributed by atoms with E-state index in [0.29, 0.717) is 12.6 Å². The Morgan fingerprint density at radius 1 is 1.54 bits per heavy atom. The van der Waals surface area contributed by atoms with Crippen LogP contribution in [0, 0.1) is 5.92 Å². The molecule has 13 heavy (non-hydrogen) atoms. The molecule has 0 heterocycles. The SMILES string of the molecule is CC(NCCC(=O)O)C1CCCC1. The maximum atomic E-state index is 10.3. The van der Waals surface area contributed by atoms with Crippen molar-refractivity contribution in [2.24, 2.45) is 5.92 Å². The zero-order valence-electron chi connectivity index (χ0n) is 8.25. The topological polar surface area (TPSA) is 49.3 Å². The average molecular weight is 185 g/mol. The van der Waals surface area contributed by atoms with E-state index >= 15 is 0 Å². The van der Waals surface area contributed by atoms with Crippen molar-refractivity contribution in [3.63, 3.8) is 0 Å². The first-order chi connectivity index (χ1) is 6.20. The zero-order valence-corrected chi connectivity index (χ0v) is 8.25. The Labute approximate surface area is 79.5 Å². The van der Waals surface area contributed by atoms with E-state index in [-0.39, 0.29) is 6.42 Å². The Kier molecular flexibility index (Phi) is 4.22. The molecule has 0 aromatic rings. The second-order valence-electron chi connectivity index (χ2n) is 3.93. The summed E-state index contributed by atoms with van der Waals surface area (Å²) in [7, 11) is 0. The van der Waals surface area contributed by atoms with Gasteiger partial charge in [0.2, 0.25) is 0 Å². The lowest BCUT2D eigenvalue weighted by Gasteiger charge is -2.19. The summed E-state index contributed by atoms with van der Waals surface area (Å²) in [5, 5.41) is 11.7. The van der Waals surface area contributed by atoms with Gasteiger partial charge >= 0.3 is 5.97 Å². The van der Waals surface area contributed by atoms with Crippen molar-refractivity contribution in [3.05, 3.63) is 0 Å². The van der Waals surface area contributed by atoms with Crippen LogP contribution in [0.2, 0.25) is 0 Å². The molecule has 0 spiro atoms. The third-order valence-corrected chi connectivity index (χ3v) is 2.91. The molecule has 0 amide bonds. The highest BCUT2D eigenvalue weighted by Gasteiger charge is 2.20. The fourth-order valence-corrected chi connectivity index (χ4v) is 2.03. The first-order valence-corrected chi connectivity index (χ1v) is 5.15. The normalized spacial score (nSPS) is 20.4. The standard InChI is InChI=1S/C10H19NO2/c1-8(9-4-2-3-5-9)11-7-6-10(12)13/h8-9,11H,2-7H2,1H3,(H,12,13). The summed E-state index contributed by atoms with van der Waals surface area (Å²) < 4.78 is 0. The number of hydrogen-bond acceptors (Lipinski definition) is 2. The molecule has 1 fully saturated rings. The van der Waals surface area contributed by atoms with Crippen molar-refractivity contribution in [2.75, 3.05) is 6.54 Å². The van der Waals surface area contributed by atoms with E-state index in [4.69, 9.17) is 5.11 Å². The molecular weight excluding hydrogens is 166 g/mol. The summed E-state index contributed by atoms with van der Waals surface area (Å²) in [6, 6.07) is 0.488. The number of aliphatic carboxylic acids is 1. The van der Waals surface area contributed by atoms with Gasteiger partial charge in [-0.15, -0.1) is 0 Å². The number of carbonyl (C=O) groups is 1. The van der Waals surface area contributed by atoms with Gasteiger partial charge in [0.05, 0.1) is 6.42 Å². The lowest BCUT2D eigenvalue weighted by atomic mass is 10.00. The van der Waals surface area contributed by atoms with Crippen LogP contribution in [0.3, 0.4) is 0 Å². The van der Waals surface area contributed by atoms with E-state index in [0.717, 1.165) is 5.92 Å². The van der Waals surface area contributed by atoms with Gasteiger partial charge in [-0.25, -0.2) is 0 Å². The van der Waals surface area contributed by atoms with Crippen LogP contribution in [0.25, 0.3) is 0 Å². The van der Waals surface area contributed by atoms with E-state index in [1.807, 2.05) is 0 Å². The number of carboxylic acids is 1. The van der Waals surface area contributed by atoms with E-state index in [2.05, 4.69) is 12.2 Å². The molecule has 3 heteroatoms. The van der Waals surface area contributed by atoms with Gasteiger partial charge in [0.15, 0.2) is 0 Å². The minimum Gasteiger partial charge on any atom is -0.481 e. The van der Waals surface area contributed by atoms with Gasteiger partial charge in [0, 0.05) is 12.6 Å². The summed E-state index contributed by atoms with van der Waals surface area (Å²) >= 11 is 0. The van der Waals surface area contributed by atoms with Gasteiger partial charge in [-0.3, -0.25) is 4.79 Å². The third-order valence-electron chi connectivity index (χ3n) is 2.91. The minimum absolute atomic E-state index is 0.233. The van der Waals surface area contributed by atoms with Crippen LogP contribution in [0.15, 0.2) is 0 Å². The lowest BCUT2D eigenvalue weighted by Crippen LogP contribution is -2.33. The number of nitrogens with one attached hydrogen (secondary N) is 1. The van der Waals surface area contributed by atoms with Gasteiger partial charge in [-0.2, -0.15) is 0 Å². The molecule has 2 N–H and O–H groups in total. The zero-order chi connectivity index (χ0) is 9.68. The van der Waals surface area contributed by atoms with Gasteiger partial charge in [0.25, 0.3) is 0 Å². The third kappa shape index (κ3) is 3.77. The first-order valence-electron chi connectivity index (χ1n) is 5.15. The average Bonchev–Trinajstić information content (AvgIpc) is 2.55. The molecule has 0 aromatic carbocycles. The Morgan fingerprint density at radius 3 is 2.69 bits per heavy atom. The molecule has 0 aliphatic heterocycles. The summed E-state index contributed by atoms with van der Waals surface area (Å²) in [6.45, 7) is 2.77. The van der Waals surface area contributed by atoms with Gasteiger partial charge < -0.3 is 10.4 Å². The monoisotopic (exact) mass is 185 g/mol. The lowest BCUT2D eigenvalue weighted by molar-refractivity contribution is -0.136. The summed E-state index contributed by atoms with van der Waals surface area (Å²) in [4.78, 5) is 10.3. The van der Waals surface area contributed by atoms with E-state index in [1.165, 1.54) is 25.7 Å². The molecule has 0 bridgehead atoms. The van der Waals surface area contributed by atoms with Crippen molar-refractivity contribution in [3.8, 4) is 0 Å². The smallest absolute Gasteiger partial charge is 0.304 e. The fraction of sp³-hybridized carbons (Fsp3) is 0.900. The van der Waals surface area contributed by atoms with Crippen LogP contribution >= 0.6 is 0 Å². The second kappa shape index (κ2) is 5.22. The number of rotatable bonds is 5. The van der Waals surface area contributed by atoms with Crippen LogP contribution in [-0.4, -0.2) is 23.7 Å². The van der Waals surface area contributed by atoms with Crippen molar-refractivity contribution >= 4 is 5.97 Å². The molecule has 1 unspecified atom stereocenters. The highest BCUT2D eigenvalue weighted by Crippen LogP contribution is 2.27. The number of carboxylic acid groups (broad SMARTS) is 1. The molecule has 1 atom stereocenters. The fourth-order valence-electron chi connectivity index (χ4n) is 2.03. The summed E-state index contributed by atoms with van der Waals surface area (Å²) in [6.07, 6.45) is 5.53. The van der Waals surface area contributed by atoms with Gasteiger partial charge in [-0.05, 0) is 25.7 Å². The van der Waals surface area contributed by atoms with E-state index in [1.54, 1.807) is 0 Å². The van der Waals surface area contributed by atoms with Crippen LogP contribution < -0.4 is 5.32 Å². The highest BCUT2D eigenvalue weighted by atomic mass is 16.4. The molecule has 0 radical (unpaired) electrons. The highest BCUT2D eigenvalue weighted by molar-refractivity contribution is 5.66. The quantitative estimate of drug-likeness (QED) is 0.684. The molecular formula is C10H19NO2. The van der Waals surface area contributed by atoms with Crippen LogP contribution in [0.1, 0.15) is 39.0 Å². The molecule has 1 aliphatic carbocycles.